The summed E-state index contributed by atoms with van der Waals surface area (Å²) in [4.78, 5) is 23.3. The van der Waals surface area contributed by atoms with Gasteiger partial charge in [0.05, 0.1) is 6.54 Å². The highest BCUT2D eigenvalue weighted by molar-refractivity contribution is 9.10. The molecule has 0 aromatic heterocycles. The molecule has 0 aliphatic carbocycles. The van der Waals surface area contributed by atoms with E-state index in [2.05, 4.69) is 31.9 Å². The van der Waals surface area contributed by atoms with E-state index in [0.29, 0.717) is 13.0 Å². The lowest BCUT2D eigenvalue weighted by molar-refractivity contribution is -0.121. The highest BCUT2D eigenvalue weighted by atomic mass is 79.9. The van der Waals surface area contributed by atoms with Crippen LogP contribution in [0.15, 0.2) is 28.7 Å². The lowest BCUT2D eigenvalue weighted by Crippen LogP contribution is -2.39. The van der Waals surface area contributed by atoms with E-state index in [1.807, 2.05) is 38.1 Å². The van der Waals surface area contributed by atoms with Crippen LogP contribution in [0.5, 0.6) is 0 Å². The maximum atomic E-state index is 11.9. The third kappa shape index (κ3) is 7.82. The summed E-state index contributed by atoms with van der Waals surface area (Å²) in [6.07, 6.45) is 1.23. The Kier molecular flexibility index (Phi) is 8.00. The predicted octanol–water partition coefficient (Wildman–Crippen LogP) is 2.28. The zero-order valence-corrected chi connectivity index (χ0v) is 14.0. The summed E-state index contributed by atoms with van der Waals surface area (Å²) in [6.45, 7) is 4.79. The molecule has 1 aromatic carbocycles. The Bertz CT molecular complexity index is 462. The monoisotopic (exact) mass is 355 g/mol. The highest BCUT2D eigenvalue weighted by Crippen LogP contribution is 2.14. The first-order valence-electron chi connectivity index (χ1n) is 7.06. The van der Waals surface area contributed by atoms with Gasteiger partial charge in [-0.3, -0.25) is 9.59 Å². The van der Waals surface area contributed by atoms with Crippen molar-refractivity contribution in [3.05, 3.63) is 28.7 Å². The van der Waals surface area contributed by atoms with Crippen molar-refractivity contribution in [2.75, 3.05) is 18.4 Å². The van der Waals surface area contributed by atoms with Gasteiger partial charge < -0.3 is 16.0 Å². The predicted molar refractivity (Wildman–Crippen MR) is 88.2 cm³/mol. The number of halogens is 1. The molecule has 0 fully saturated rings. The molecule has 1 rings (SSSR count). The molecule has 0 saturated heterocycles. The van der Waals surface area contributed by atoms with Crippen LogP contribution < -0.4 is 16.0 Å². The Morgan fingerprint density at radius 2 is 1.86 bits per heavy atom. The topological polar surface area (TPSA) is 70.2 Å². The zero-order valence-electron chi connectivity index (χ0n) is 12.4. The van der Waals surface area contributed by atoms with E-state index < -0.39 is 0 Å². The van der Waals surface area contributed by atoms with Gasteiger partial charge in [0.1, 0.15) is 0 Å². The van der Waals surface area contributed by atoms with E-state index in [1.54, 1.807) is 0 Å². The second-order valence-corrected chi connectivity index (χ2v) is 5.81. The van der Waals surface area contributed by atoms with E-state index in [4.69, 9.17) is 0 Å². The van der Waals surface area contributed by atoms with Crippen molar-refractivity contribution >= 4 is 33.4 Å². The van der Waals surface area contributed by atoms with Gasteiger partial charge in [-0.05, 0) is 37.6 Å². The van der Waals surface area contributed by atoms with E-state index in [-0.39, 0.29) is 24.4 Å². The van der Waals surface area contributed by atoms with E-state index >= 15 is 0 Å². The van der Waals surface area contributed by atoms with Gasteiger partial charge in [-0.25, -0.2) is 0 Å². The van der Waals surface area contributed by atoms with E-state index in [1.165, 1.54) is 0 Å². The molecule has 0 aliphatic heterocycles. The maximum absolute atomic E-state index is 11.9. The van der Waals surface area contributed by atoms with E-state index in [0.717, 1.165) is 16.6 Å². The summed E-state index contributed by atoms with van der Waals surface area (Å²) in [7, 11) is 0. The fourth-order valence-corrected chi connectivity index (χ4v) is 1.95. The Morgan fingerprint density at radius 3 is 2.48 bits per heavy atom. The summed E-state index contributed by atoms with van der Waals surface area (Å²) >= 11 is 3.34. The van der Waals surface area contributed by atoms with Gasteiger partial charge in [-0.15, -0.1) is 0 Å². The average Bonchev–Trinajstić information content (AvgIpc) is 2.45. The molecule has 1 atom stereocenters. The third-order valence-electron chi connectivity index (χ3n) is 2.80. The first-order valence-corrected chi connectivity index (χ1v) is 7.86. The number of amides is 2. The van der Waals surface area contributed by atoms with Crippen molar-refractivity contribution in [2.45, 2.75) is 32.7 Å². The first kappa shape index (κ1) is 17.7. The fraction of sp³-hybridized carbons (Fsp3) is 0.467. The van der Waals surface area contributed by atoms with Gasteiger partial charge in [-0.2, -0.15) is 0 Å². The summed E-state index contributed by atoms with van der Waals surface area (Å²) in [5.74, 6) is -0.122. The zero-order chi connectivity index (χ0) is 15.7. The molecule has 1 unspecified atom stereocenters. The van der Waals surface area contributed by atoms with Gasteiger partial charge in [0.2, 0.25) is 11.8 Å². The molecule has 0 radical (unpaired) electrons. The van der Waals surface area contributed by atoms with Crippen LogP contribution in [0.1, 0.15) is 26.7 Å². The third-order valence-corrected chi connectivity index (χ3v) is 3.33. The molecule has 5 nitrogen and oxygen atoms in total. The molecular weight excluding hydrogens is 334 g/mol. The van der Waals surface area contributed by atoms with Crippen LogP contribution in [-0.4, -0.2) is 30.9 Å². The quantitative estimate of drug-likeness (QED) is 0.669. The van der Waals surface area contributed by atoms with Crippen LogP contribution in [0.2, 0.25) is 0 Å². The van der Waals surface area contributed by atoms with Crippen LogP contribution in [0.3, 0.4) is 0 Å². The molecule has 0 spiro atoms. The Labute approximate surface area is 134 Å². The lowest BCUT2D eigenvalue weighted by Gasteiger charge is -2.13. The second kappa shape index (κ2) is 9.52. The smallest absolute Gasteiger partial charge is 0.233 e. The van der Waals surface area contributed by atoms with Gasteiger partial charge in [0.15, 0.2) is 0 Å². The number of hydrogen-bond acceptors (Lipinski definition) is 3. The molecule has 1 aromatic rings. The molecule has 116 valence electrons. The molecule has 0 bridgehead atoms. The number of carbonyl (C=O) groups excluding carboxylic acids is 2. The molecule has 6 heteroatoms. The summed E-state index contributed by atoms with van der Waals surface area (Å²) in [5, 5.41) is 8.64. The summed E-state index contributed by atoms with van der Waals surface area (Å²) in [6, 6.07) is 7.34. The SMILES string of the molecule is CCCNC(=O)CNC(C)CC(=O)Nc1ccc(Br)cc1. The summed E-state index contributed by atoms with van der Waals surface area (Å²) in [5.41, 5.74) is 0.760. The number of rotatable bonds is 8. The van der Waals surface area contributed by atoms with Crippen LogP contribution >= 0.6 is 15.9 Å². The van der Waals surface area contributed by atoms with Crippen LogP contribution in [0.25, 0.3) is 0 Å². The highest BCUT2D eigenvalue weighted by Gasteiger charge is 2.10. The number of anilines is 1. The maximum Gasteiger partial charge on any atom is 0.233 e. The largest absolute Gasteiger partial charge is 0.355 e. The van der Waals surface area contributed by atoms with Crippen molar-refractivity contribution in [1.82, 2.24) is 10.6 Å². The van der Waals surface area contributed by atoms with Gasteiger partial charge in [0, 0.05) is 29.2 Å². The van der Waals surface area contributed by atoms with Gasteiger partial charge in [-0.1, -0.05) is 22.9 Å². The normalized spacial score (nSPS) is 11.8. The molecular formula is C15H22BrN3O2. The van der Waals surface area contributed by atoms with Crippen molar-refractivity contribution in [1.29, 1.82) is 0 Å². The minimum atomic E-state index is -0.0775. The Balaban J connectivity index is 2.27. The molecule has 0 heterocycles. The van der Waals surface area contributed by atoms with Gasteiger partial charge >= 0.3 is 0 Å². The number of hydrogen-bond donors (Lipinski definition) is 3. The van der Waals surface area contributed by atoms with Crippen LogP contribution in [0.4, 0.5) is 5.69 Å². The average molecular weight is 356 g/mol. The van der Waals surface area contributed by atoms with Crippen LogP contribution in [-0.2, 0) is 9.59 Å². The minimum absolute atomic E-state index is 0.0444. The molecule has 2 amide bonds. The van der Waals surface area contributed by atoms with Gasteiger partial charge in [0.25, 0.3) is 0 Å². The van der Waals surface area contributed by atoms with Crippen molar-refractivity contribution < 1.29 is 9.59 Å². The molecule has 3 N–H and O–H groups in total. The van der Waals surface area contributed by atoms with Crippen molar-refractivity contribution in [3.8, 4) is 0 Å². The summed E-state index contributed by atoms with van der Waals surface area (Å²) < 4.78 is 0.966. The molecule has 0 saturated carbocycles. The number of nitrogens with one attached hydrogen (secondary N) is 3. The number of carbonyl (C=O) groups is 2. The minimum Gasteiger partial charge on any atom is -0.355 e. The fourth-order valence-electron chi connectivity index (χ4n) is 1.69. The Morgan fingerprint density at radius 1 is 1.19 bits per heavy atom. The number of benzene rings is 1. The van der Waals surface area contributed by atoms with Crippen molar-refractivity contribution in [3.63, 3.8) is 0 Å². The van der Waals surface area contributed by atoms with Crippen LogP contribution in [0, 0.1) is 0 Å². The van der Waals surface area contributed by atoms with Crippen molar-refractivity contribution in [2.24, 2.45) is 0 Å². The standard InChI is InChI=1S/C15H22BrN3O2/c1-3-8-17-15(21)10-18-11(2)9-14(20)19-13-6-4-12(16)5-7-13/h4-7,11,18H,3,8-10H2,1-2H3,(H,17,21)(H,19,20). The lowest BCUT2D eigenvalue weighted by atomic mass is 10.2. The van der Waals surface area contributed by atoms with E-state index in [9.17, 15) is 9.59 Å². The molecule has 21 heavy (non-hydrogen) atoms. The molecule has 0 aliphatic rings. The second-order valence-electron chi connectivity index (χ2n) is 4.89. The Hall–Kier alpha value is -1.40. The first-order chi connectivity index (χ1) is 10.0.